The van der Waals surface area contributed by atoms with E-state index >= 15 is 0 Å². The Hall–Kier alpha value is -2.37. The molecule has 0 radical (unpaired) electrons. The molecule has 2 atom stereocenters. The lowest BCUT2D eigenvalue weighted by molar-refractivity contribution is -0.143. The Morgan fingerprint density at radius 2 is 2.00 bits per heavy atom. The van der Waals surface area contributed by atoms with Gasteiger partial charge in [0.25, 0.3) is 0 Å². The van der Waals surface area contributed by atoms with Gasteiger partial charge >= 0.3 is 0 Å². The number of nitrogens with zero attached hydrogens (tertiary/aromatic N) is 1. The molecule has 0 saturated carbocycles. The van der Waals surface area contributed by atoms with Crippen molar-refractivity contribution in [2.45, 2.75) is 32.7 Å². The highest BCUT2D eigenvalue weighted by Crippen LogP contribution is 2.38. The van der Waals surface area contributed by atoms with Crippen LogP contribution in [0.1, 0.15) is 36.9 Å². The third kappa shape index (κ3) is 3.75. The molecular formula is C18H25N3O3. The van der Waals surface area contributed by atoms with Crippen molar-refractivity contribution in [2.75, 3.05) is 20.1 Å². The number of amides is 3. The number of hydrogen-bond donors (Lipinski definition) is 2. The SMILES string of the molecule is CCN1C(=O)CC[C@@H](C(=O)NCC(=O)NC)[C@@H]1c1ccccc1C. The lowest BCUT2D eigenvalue weighted by Crippen LogP contribution is -2.49. The summed E-state index contributed by atoms with van der Waals surface area (Å²) in [6, 6.07) is 7.54. The lowest BCUT2D eigenvalue weighted by Gasteiger charge is -2.41. The molecule has 1 aromatic carbocycles. The van der Waals surface area contributed by atoms with E-state index in [0.29, 0.717) is 19.4 Å². The zero-order valence-corrected chi connectivity index (χ0v) is 14.5. The molecule has 0 spiro atoms. The van der Waals surface area contributed by atoms with Crippen molar-refractivity contribution >= 4 is 17.7 Å². The zero-order valence-electron chi connectivity index (χ0n) is 14.5. The van der Waals surface area contributed by atoms with Gasteiger partial charge in [-0.3, -0.25) is 14.4 Å². The highest BCUT2D eigenvalue weighted by Gasteiger charge is 2.40. The van der Waals surface area contributed by atoms with E-state index in [1.54, 1.807) is 4.90 Å². The van der Waals surface area contributed by atoms with Gasteiger partial charge in [-0.1, -0.05) is 24.3 Å². The standard InChI is InChI=1S/C18H25N3O3/c1-4-21-16(23)10-9-14(18(24)20-11-15(22)19-3)17(21)13-8-6-5-7-12(13)2/h5-8,14,17H,4,9-11H2,1-3H3,(H,19,22)(H,20,24)/t14-,17+/m1/s1. The van der Waals surface area contributed by atoms with E-state index in [-0.39, 0.29) is 36.2 Å². The Bertz CT molecular complexity index is 630. The molecule has 1 heterocycles. The van der Waals surface area contributed by atoms with Crippen molar-refractivity contribution in [2.24, 2.45) is 5.92 Å². The summed E-state index contributed by atoms with van der Waals surface area (Å²) in [6.07, 6.45) is 0.849. The van der Waals surface area contributed by atoms with Gasteiger partial charge in [0.05, 0.1) is 18.5 Å². The summed E-state index contributed by atoms with van der Waals surface area (Å²) < 4.78 is 0. The number of rotatable bonds is 5. The molecule has 6 heteroatoms. The first-order chi connectivity index (χ1) is 11.5. The molecule has 3 amide bonds. The van der Waals surface area contributed by atoms with E-state index in [2.05, 4.69) is 10.6 Å². The van der Waals surface area contributed by atoms with Crippen LogP contribution < -0.4 is 10.6 Å². The van der Waals surface area contributed by atoms with E-state index in [1.807, 2.05) is 38.1 Å². The second-order valence-corrected chi connectivity index (χ2v) is 6.02. The van der Waals surface area contributed by atoms with Crippen LogP contribution in [-0.4, -0.2) is 42.8 Å². The average Bonchev–Trinajstić information content (AvgIpc) is 2.59. The maximum absolute atomic E-state index is 12.7. The molecule has 24 heavy (non-hydrogen) atoms. The second-order valence-electron chi connectivity index (χ2n) is 6.02. The van der Waals surface area contributed by atoms with Gasteiger partial charge in [-0.2, -0.15) is 0 Å². The Morgan fingerprint density at radius 1 is 1.29 bits per heavy atom. The number of carbonyl (C=O) groups excluding carboxylic acids is 3. The molecule has 0 aliphatic carbocycles. The number of nitrogens with one attached hydrogen (secondary N) is 2. The van der Waals surface area contributed by atoms with Crippen molar-refractivity contribution < 1.29 is 14.4 Å². The first-order valence-electron chi connectivity index (χ1n) is 8.32. The topological polar surface area (TPSA) is 78.5 Å². The van der Waals surface area contributed by atoms with Crippen LogP contribution in [0, 0.1) is 12.8 Å². The molecule has 2 rings (SSSR count). The number of hydrogen-bond acceptors (Lipinski definition) is 3. The smallest absolute Gasteiger partial charge is 0.239 e. The molecule has 0 unspecified atom stereocenters. The first-order valence-corrected chi connectivity index (χ1v) is 8.32. The Balaban J connectivity index is 2.30. The average molecular weight is 331 g/mol. The van der Waals surface area contributed by atoms with Gasteiger partial charge in [0.1, 0.15) is 0 Å². The van der Waals surface area contributed by atoms with Crippen LogP contribution in [0.4, 0.5) is 0 Å². The van der Waals surface area contributed by atoms with Crippen LogP contribution in [0.2, 0.25) is 0 Å². The van der Waals surface area contributed by atoms with E-state index in [9.17, 15) is 14.4 Å². The Morgan fingerprint density at radius 3 is 2.62 bits per heavy atom. The third-order valence-electron chi connectivity index (χ3n) is 4.59. The minimum absolute atomic E-state index is 0.0492. The van der Waals surface area contributed by atoms with Crippen LogP contribution in [0.25, 0.3) is 0 Å². The quantitative estimate of drug-likeness (QED) is 0.850. The van der Waals surface area contributed by atoms with Gasteiger partial charge < -0.3 is 15.5 Å². The normalized spacial score (nSPS) is 20.6. The predicted molar refractivity (Wildman–Crippen MR) is 91.1 cm³/mol. The van der Waals surface area contributed by atoms with Crippen molar-refractivity contribution in [1.82, 2.24) is 15.5 Å². The summed E-state index contributed by atoms with van der Waals surface area (Å²) in [6.45, 7) is 4.42. The van der Waals surface area contributed by atoms with E-state index < -0.39 is 0 Å². The molecule has 0 bridgehead atoms. The highest BCUT2D eigenvalue weighted by atomic mass is 16.2. The van der Waals surface area contributed by atoms with Crippen LogP contribution in [0.5, 0.6) is 0 Å². The first kappa shape index (κ1) is 18.0. The van der Waals surface area contributed by atoms with E-state index in [1.165, 1.54) is 7.05 Å². The maximum atomic E-state index is 12.7. The lowest BCUT2D eigenvalue weighted by atomic mass is 9.82. The molecule has 0 aromatic heterocycles. The minimum Gasteiger partial charge on any atom is -0.358 e. The van der Waals surface area contributed by atoms with Crippen LogP contribution >= 0.6 is 0 Å². The fourth-order valence-electron chi connectivity index (χ4n) is 3.29. The summed E-state index contributed by atoms with van der Waals surface area (Å²) in [5, 5.41) is 5.18. The monoisotopic (exact) mass is 331 g/mol. The number of aryl methyl sites for hydroxylation is 1. The van der Waals surface area contributed by atoms with Crippen molar-refractivity contribution in [3.63, 3.8) is 0 Å². The van der Waals surface area contributed by atoms with Crippen LogP contribution in [0.15, 0.2) is 24.3 Å². The number of likely N-dealkylation sites (N-methyl/N-ethyl adjacent to an activating group) is 1. The molecule has 1 aromatic rings. The third-order valence-corrected chi connectivity index (χ3v) is 4.59. The summed E-state index contributed by atoms with van der Waals surface area (Å²) >= 11 is 0. The Kier molecular flexibility index (Phi) is 5.95. The fraction of sp³-hybridized carbons (Fsp3) is 0.500. The van der Waals surface area contributed by atoms with E-state index in [4.69, 9.17) is 0 Å². The summed E-state index contributed by atoms with van der Waals surface area (Å²) in [5.74, 6) is -0.706. The largest absolute Gasteiger partial charge is 0.358 e. The van der Waals surface area contributed by atoms with Crippen molar-refractivity contribution in [3.8, 4) is 0 Å². The van der Waals surface area contributed by atoms with Gasteiger partial charge in [0.2, 0.25) is 17.7 Å². The number of carbonyl (C=O) groups is 3. The summed E-state index contributed by atoms with van der Waals surface area (Å²) in [5.41, 5.74) is 2.05. The number of benzene rings is 1. The Labute approximate surface area is 142 Å². The zero-order chi connectivity index (χ0) is 17.7. The molecule has 1 fully saturated rings. The molecule has 1 saturated heterocycles. The number of piperidine rings is 1. The van der Waals surface area contributed by atoms with Gasteiger partial charge in [-0.15, -0.1) is 0 Å². The summed E-state index contributed by atoms with van der Waals surface area (Å²) in [4.78, 5) is 38.1. The molecular weight excluding hydrogens is 306 g/mol. The van der Waals surface area contributed by atoms with Crippen molar-refractivity contribution in [1.29, 1.82) is 0 Å². The van der Waals surface area contributed by atoms with Crippen LogP contribution in [-0.2, 0) is 14.4 Å². The second kappa shape index (κ2) is 7.95. The molecule has 130 valence electrons. The van der Waals surface area contributed by atoms with Gasteiger partial charge in [-0.05, 0) is 31.4 Å². The molecule has 6 nitrogen and oxygen atoms in total. The maximum Gasteiger partial charge on any atom is 0.239 e. The predicted octanol–water partition coefficient (Wildman–Crippen LogP) is 1.16. The minimum atomic E-state index is -0.353. The number of likely N-dealkylation sites (tertiary alicyclic amines) is 1. The summed E-state index contributed by atoms with van der Waals surface area (Å²) in [7, 11) is 1.53. The molecule has 1 aliphatic heterocycles. The molecule has 1 aliphatic rings. The van der Waals surface area contributed by atoms with E-state index in [0.717, 1.165) is 11.1 Å². The highest BCUT2D eigenvalue weighted by molar-refractivity contribution is 5.88. The fourth-order valence-corrected chi connectivity index (χ4v) is 3.29. The van der Waals surface area contributed by atoms with Crippen LogP contribution in [0.3, 0.4) is 0 Å². The van der Waals surface area contributed by atoms with Gasteiger partial charge in [-0.25, -0.2) is 0 Å². The van der Waals surface area contributed by atoms with Gasteiger partial charge in [0, 0.05) is 20.0 Å². The van der Waals surface area contributed by atoms with Crippen molar-refractivity contribution in [3.05, 3.63) is 35.4 Å². The van der Waals surface area contributed by atoms with Gasteiger partial charge in [0.15, 0.2) is 0 Å². The molecule has 2 N–H and O–H groups in total.